The summed E-state index contributed by atoms with van der Waals surface area (Å²) in [4.78, 5) is 11.3. The number of hydrogen-bond acceptors (Lipinski definition) is 3. The highest BCUT2D eigenvalue weighted by molar-refractivity contribution is 5.92. The van der Waals surface area contributed by atoms with Crippen LogP contribution in [0.3, 0.4) is 0 Å². The molecule has 0 aliphatic heterocycles. The molecule has 0 radical (unpaired) electrons. The van der Waals surface area contributed by atoms with Crippen molar-refractivity contribution in [2.75, 3.05) is 0 Å². The highest BCUT2D eigenvalue weighted by Crippen LogP contribution is 2.05. The summed E-state index contributed by atoms with van der Waals surface area (Å²) >= 11 is 0. The number of nitrogens with two attached hydrogens (primary N) is 1. The third-order valence-corrected chi connectivity index (χ3v) is 3.98. The molecule has 0 atom stereocenters. The lowest BCUT2D eigenvalue weighted by Gasteiger charge is -2.02. The van der Waals surface area contributed by atoms with Crippen LogP contribution in [0.4, 0.5) is 0 Å². The van der Waals surface area contributed by atoms with Crippen LogP contribution in [0.2, 0.25) is 0 Å². The zero-order chi connectivity index (χ0) is 18.4. The van der Waals surface area contributed by atoms with Gasteiger partial charge in [-0.3, -0.25) is 4.79 Å². The maximum Gasteiger partial charge on any atom is 0.254 e. The third kappa shape index (κ3) is 6.54. The van der Waals surface area contributed by atoms with Crippen LogP contribution in [0, 0.1) is 0 Å². The smallest absolute Gasteiger partial charge is 0.254 e. The van der Waals surface area contributed by atoms with Crippen LogP contribution in [0.25, 0.3) is 0 Å². The van der Waals surface area contributed by atoms with E-state index in [0.717, 1.165) is 23.2 Å². The lowest BCUT2D eigenvalue weighted by atomic mass is 10.1. The minimum atomic E-state index is -0.430. The number of hydrogen-bond donors (Lipinski definition) is 2. The van der Waals surface area contributed by atoms with Crippen molar-refractivity contribution in [1.82, 2.24) is 0 Å². The first-order chi connectivity index (χ1) is 12.6. The summed E-state index contributed by atoms with van der Waals surface area (Å²) in [6.07, 6.45) is 8.94. The Labute approximate surface area is 184 Å². The molecule has 0 unspecified atom stereocenters. The van der Waals surface area contributed by atoms with Crippen molar-refractivity contribution >= 4 is 12.1 Å². The van der Waals surface area contributed by atoms with Gasteiger partial charge in [-0.05, 0) is 12.1 Å². The summed E-state index contributed by atoms with van der Waals surface area (Å²) in [5.74, 6) is -0.430. The van der Waals surface area contributed by atoms with Gasteiger partial charge >= 0.3 is 0 Å². The van der Waals surface area contributed by atoms with Crippen LogP contribution in [0.1, 0.15) is 27.0 Å². The van der Waals surface area contributed by atoms with E-state index in [1.54, 1.807) is 12.3 Å². The van der Waals surface area contributed by atoms with Gasteiger partial charge in [-0.25, -0.2) is 4.57 Å². The number of pyridine rings is 2. The molecule has 0 aliphatic carbocycles. The zero-order valence-electron chi connectivity index (χ0n) is 15.0. The van der Waals surface area contributed by atoms with Gasteiger partial charge in [-0.2, -0.15) is 4.57 Å². The first-order valence-electron chi connectivity index (χ1n) is 8.17. The number of amides is 1. The molecule has 3 aromatic rings. The number of primary amides is 1. The number of benzene rings is 1. The van der Waals surface area contributed by atoms with Gasteiger partial charge in [0.25, 0.3) is 5.91 Å². The lowest BCUT2D eigenvalue weighted by Crippen LogP contribution is -3.00. The van der Waals surface area contributed by atoms with E-state index in [1.165, 1.54) is 6.21 Å². The van der Waals surface area contributed by atoms with E-state index in [2.05, 4.69) is 29.4 Å². The predicted molar refractivity (Wildman–Crippen MR) is 95.8 cm³/mol. The molecule has 2 heterocycles. The number of carbonyl (C=O) groups excluding carboxylic acids is 1. The average molecular weight is 508 g/mol. The molecule has 6 nitrogen and oxygen atoms in total. The maximum atomic E-state index is 11.3. The Morgan fingerprint density at radius 3 is 2.00 bits per heavy atom. The van der Waals surface area contributed by atoms with Gasteiger partial charge < -0.3 is 44.9 Å². The molecule has 0 saturated heterocycles. The van der Waals surface area contributed by atoms with E-state index < -0.39 is 5.91 Å². The van der Waals surface area contributed by atoms with E-state index in [1.807, 2.05) is 45.9 Å². The highest BCUT2D eigenvalue weighted by atomic mass is 79.9. The molecular formula is C20H20Br2N4O2. The topological polar surface area (TPSA) is 83.4 Å². The van der Waals surface area contributed by atoms with Gasteiger partial charge in [0, 0.05) is 23.3 Å². The monoisotopic (exact) mass is 506 g/mol. The molecular weight excluding hydrogens is 488 g/mol. The Morgan fingerprint density at radius 2 is 1.46 bits per heavy atom. The van der Waals surface area contributed by atoms with Crippen LogP contribution in [-0.2, 0) is 13.1 Å². The van der Waals surface area contributed by atoms with Crippen LogP contribution in [-0.4, -0.2) is 17.3 Å². The van der Waals surface area contributed by atoms with Crippen LogP contribution < -0.4 is 48.8 Å². The number of carbonyl (C=O) groups is 1. The van der Waals surface area contributed by atoms with Crippen molar-refractivity contribution in [2.24, 2.45) is 10.9 Å². The number of halogens is 2. The first kappa shape index (κ1) is 23.5. The summed E-state index contributed by atoms with van der Waals surface area (Å²) < 4.78 is 3.96. The van der Waals surface area contributed by atoms with E-state index in [0.29, 0.717) is 12.1 Å². The minimum absolute atomic E-state index is 0. The second kappa shape index (κ2) is 11.3. The summed E-state index contributed by atoms with van der Waals surface area (Å²) in [6.45, 7) is 1.38. The summed E-state index contributed by atoms with van der Waals surface area (Å²) in [6, 6.07) is 15.6. The molecule has 0 bridgehead atoms. The first-order valence-corrected chi connectivity index (χ1v) is 8.17. The molecule has 3 rings (SSSR count). The van der Waals surface area contributed by atoms with Crippen molar-refractivity contribution in [3.05, 3.63) is 95.6 Å². The molecule has 28 heavy (non-hydrogen) atoms. The molecule has 146 valence electrons. The molecule has 0 fully saturated rings. The Kier molecular flexibility index (Phi) is 9.47. The lowest BCUT2D eigenvalue weighted by molar-refractivity contribution is -0.689. The normalized spacial score (nSPS) is 10.1. The molecule has 0 saturated carbocycles. The standard InChI is InChI=1S/C20H18N4O2.2BrH/c21-20(25)19-4-2-10-24(15-19)13-17-7-5-16(6-8-17)12-23-9-1-3-18(14-23)11-22-26;;/h1-11,14-15H,12-13H2,(H-2,21,25,26);2*1H/b22-11+;;. The summed E-state index contributed by atoms with van der Waals surface area (Å²) in [5, 5.41) is 11.7. The quantitative estimate of drug-likeness (QED) is 0.152. The van der Waals surface area contributed by atoms with Crippen LogP contribution >= 0.6 is 0 Å². The Hall–Kier alpha value is -2.58. The fourth-order valence-corrected chi connectivity index (χ4v) is 2.72. The Morgan fingerprint density at radius 1 is 0.929 bits per heavy atom. The van der Waals surface area contributed by atoms with E-state index in [4.69, 9.17) is 10.9 Å². The molecule has 0 aliphatic rings. The number of nitrogens with zero attached hydrogens (tertiary/aromatic N) is 3. The Bertz CT molecular complexity index is 947. The van der Waals surface area contributed by atoms with Gasteiger partial charge in [0.05, 0.1) is 11.8 Å². The van der Waals surface area contributed by atoms with Gasteiger partial charge in [-0.1, -0.05) is 29.4 Å². The third-order valence-electron chi connectivity index (χ3n) is 3.98. The Balaban J connectivity index is 0.00000196. The highest BCUT2D eigenvalue weighted by Gasteiger charge is 2.09. The number of rotatable bonds is 6. The summed E-state index contributed by atoms with van der Waals surface area (Å²) in [5.41, 5.74) is 8.94. The molecule has 2 aromatic heterocycles. The molecule has 0 spiro atoms. The molecule has 1 aromatic carbocycles. The van der Waals surface area contributed by atoms with Gasteiger partial charge in [0.15, 0.2) is 37.9 Å². The number of aromatic nitrogens is 2. The van der Waals surface area contributed by atoms with Gasteiger partial charge in [0.2, 0.25) is 0 Å². The second-order valence-electron chi connectivity index (χ2n) is 6.00. The average Bonchev–Trinajstić information content (AvgIpc) is 2.64. The van der Waals surface area contributed by atoms with Crippen LogP contribution in [0.5, 0.6) is 0 Å². The van der Waals surface area contributed by atoms with Gasteiger partial charge in [0.1, 0.15) is 5.56 Å². The van der Waals surface area contributed by atoms with Crippen molar-refractivity contribution in [2.45, 2.75) is 13.1 Å². The van der Waals surface area contributed by atoms with E-state index >= 15 is 0 Å². The largest absolute Gasteiger partial charge is 1.00 e. The second-order valence-corrected chi connectivity index (χ2v) is 6.00. The van der Waals surface area contributed by atoms with Crippen molar-refractivity contribution in [1.29, 1.82) is 0 Å². The SMILES string of the molecule is NC(=O)c1ccc[n+](Cc2ccc(C[n+]3cccc(/C=N/O)c3)cc2)c1.[Br-].[Br-]. The maximum absolute atomic E-state index is 11.3. The summed E-state index contributed by atoms with van der Waals surface area (Å²) in [7, 11) is 0. The molecule has 1 amide bonds. The fourth-order valence-electron chi connectivity index (χ4n) is 2.72. The predicted octanol–water partition coefficient (Wildman–Crippen LogP) is -4.73. The van der Waals surface area contributed by atoms with E-state index in [9.17, 15) is 4.79 Å². The van der Waals surface area contributed by atoms with Crippen molar-refractivity contribution in [3.8, 4) is 0 Å². The zero-order valence-corrected chi connectivity index (χ0v) is 18.1. The van der Waals surface area contributed by atoms with Crippen LogP contribution in [0.15, 0.2) is 78.5 Å². The molecule has 8 heteroatoms. The van der Waals surface area contributed by atoms with Gasteiger partial charge in [-0.15, -0.1) is 0 Å². The van der Waals surface area contributed by atoms with E-state index in [-0.39, 0.29) is 34.0 Å². The molecule has 3 N–H and O–H groups in total. The number of oxime groups is 1. The van der Waals surface area contributed by atoms with Crippen molar-refractivity contribution in [3.63, 3.8) is 0 Å². The fraction of sp³-hybridized carbons (Fsp3) is 0.100. The van der Waals surface area contributed by atoms with Crippen molar-refractivity contribution < 1.29 is 53.1 Å². The minimum Gasteiger partial charge on any atom is -1.00 e.